The predicted octanol–water partition coefficient (Wildman–Crippen LogP) is 0.663. The van der Waals surface area contributed by atoms with Crippen LogP contribution in [0.3, 0.4) is 0 Å². The molecule has 0 saturated heterocycles. The molecule has 1 amide bonds. The molecule has 0 aliphatic rings. The van der Waals surface area contributed by atoms with Gasteiger partial charge in [-0.15, -0.1) is 0 Å². The van der Waals surface area contributed by atoms with Crippen molar-refractivity contribution in [2.24, 2.45) is 5.73 Å². The van der Waals surface area contributed by atoms with E-state index in [2.05, 4.69) is 15.5 Å². The molecule has 1 atom stereocenters. The van der Waals surface area contributed by atoms with Gasteiger partial charge in [-0.3, -0.25) is 4.79 Å². The molecule has 1 aromatic carbocycles. The minimum Gasteiger partial charge on any atom is -0.349 e. The number of carbonyl (C=O) groups excluding carboxylic acids is 1. The lowest BCUT2D eigenvalue weighted by molar-refractivity contribution is -0.122. The molecule has 0 radical (unpaired) electrons. The van der Waals surface area contributed by atoms with Crippen LogP contribution in [0.2, 0.25) is 0 Å². The lowest BCUT2D eigenvalue weighted by Crippen LogP contribution is -2.41. The van der Waals surface area contributed by atoms with Gasteiger partial charge in [-0.05, 0) is 24.1 Å². The molecule has 1 heterocycles. The van der Waals surface area contributed by atoms with Gasteiger partial charge >= 0.3 is 0 Å². The van der Waals surface area contributed by atoms with Gasteiger partial charge in [-0.2, -0.15) is 10.2 Å². The molecule has 3 N–H and O–H groups in total. The SMILES string of the molecule is N[C@H](Cc1ccccc1)C(=O)NCc1cccnn1. The number of rotatable bonds is 5. The highest BCUT2D eigenvalue weighted by atomic mass is 16.2. The van der Waals surface area contributed by atoms with E-state index < -0.39 is 6.04 Å². The van der Waals surface area contributed by atoms with E-state index in [0.717, 1.165) is 5.56 Å². The van der Waals surface area contributed by atoms with Gasteiger partial charge < -0.3 is 11.1 Å². The standard InChI is InChI=1S/C14H16N4O/c15-13(9-11-5-2-1-3-6-11)14(19)16-10-12-7-4-8-17-18-12/h1-8,13H,9-10,15H2,(H,16,19)/t13-/m1/s1. The summed E-state index contributed by atoms with van der Waals surface area (Å²) in [6.45, 7) is 0.342. The molecule has 0 spiro atoms. The van der Waals surface area contributed by atoms with Crippen LogP contribution >= 0.6 is 0 Å². The fourth-order valence-electron chi connectivity index (χ4n) is 1.70. The van der Waals surface area contributed by atoms with Crippen molar-refractivity contribution < 1.29 is 4.79 Å². The van der Waals surface area contributed by atoms with Gasteiger partial charge in [0.05, 0.1) is 18.3 Å². The molecule has 0 aliphatic heterocycles. The van der Waals surface area contributed by atoms with E-state index in [1.165, 1.54) is 0 Å². The second-order valence-corrected chi connectivity index (χ2v) is 4.23. The smallest absolute Gasteiger partial charge is 0.237 e. The number of nitrogens with one attached hydrogen (secondary N) is 1. The average molecular weight is 256 g/mol. The Morgan fingerprint density at radius 3 is 2.68 bits per heavy atom. The third-order valence-electron chi connectivity index (χ3n) is 2.71. The summed E-state index contributed by atoms with van der Waals surface area (Å²) in [6.07, 6.45) is 2.11. The summed E-state index contributed by atoms with van der Waals surface area (Å²) < 4.78 is 0. The highest BCUT2D eigenvalue weighted by molar-refractivity contribution is 5.81. The first-order valence-corrected chi connectivity index (χ1v) is 6.09. The van der Waals surface area contributed by atoms with Crippen molar-refractivity contribution in [3.8, 4) is 0 Å². The van der Waals surface area contributed by atoms with E-state index in [-0.39, 0.29) is 5.91 Å². The highest BCUT2D eigenvalue weighted by Gasteiger charge is 2.13. The number of aromatic nitrogens is 2. The lowest BCUT2D eigenvalue weighted by atomic mass is 10.1. The summed E-state index contributed by atoms with van der Waals surface area (Å²) in [7, 11) is 0. The van der Waals surface area contributed by atoms with Crippen molar-refractivity contribution in [2.75, 3.05) is 0 Å². The summed E-state index contributed by atoms with van der Waals surface area (Å²) >= 11 is 0. The van der Waals surface area contributed by atoms with Crippen molar-refractivity contribution in [1.29, 1.82) is 0 Å². The zero-order valence-electron chi connectivity index (χ0n) is 10.5. The van der Waals surface area contributed by atoms with Crippen LogP contribution in [0.1, 0.15) is 11.3 Å². The van der Waals surface area contributed by atoms with Crippen LogP contribution in [0.15, 0.2) is 48.7 Å². The lowest BCUT2D eigenvalue weighted by Gasteiger charge is -2.11. The number of hydrogen-bond donors (Lipinski definition) is 2. The summed E-state index contributed by atoms with van der Waals surface area (Å²) in [5.74, 6) is -0.186. The first-order chi connectivity index (χ1) is 9.25. The quantitative estimate of drug-likeness (QED) is 0.823. The number of nitrogens with zero attached hydrogens (tertiary/aromatic N) is 2. The number of carbonyl (C=O) groups is 1. The normalized spacial score (nSPS) is 11.8. The molecule has 0 aliphatic carbocycles. The maximum absolute atomic E-state index is 11.8. The highest BCUT2D eigenvalue weighted by Crippen LogP contribution is 2.02. The monoisotopic (exact) mass is 256 g/mol. The molecule has 0 unspecified atom stereocenters. The Balaban J connectivity index is 1.83. The minimum atomic E-state index is -0.556. The molecule has 0 fully saturated rings. The van der Waals surface area contributed by atoms with Gasteiger partial charge in [0.15, 0.2) is 0 Å². The van der Waals surface area contributed by atoms with Crippen molar-refractivity contribution in [1.82, 2.24) is 15.5 Å². The molecule has 1 aromatic heterocycles. The molecular weight excluding hydrogens is 240 g/mol. The predicted molar refractivity (Wildman–Crippen MR) is 72.0 cm³/mol. The molecule has 98 valence electrons. The fraction of sp³-hybridized carbons (Fsp3) is 0.214. The Morgan fingerprint density at radius 2 is 2.00 bits per heavy atom. The van der Waals surface area contributed by atoms with Gasteiger partial charge in [-0.1, -0.05) is 30.3 Å². The third-order valence-corrected chi connectivity index (χ3v) is 2.71. The largest absolute Gasteiger partial charge is 0.349 e. The number of benzene rings is 1. The molecule has 5 heteroatoms. The first kappa shape index (κ1) is 13.2. The zero-order valence-corrected chi connectivity index (χ0v) is 10.5. The van der Waals surface area contributed by atoms with Gasteiger partial charge in [0.2, 0.25) is 5.91 Å². The van der Waals surface area contributed by atoms with E-state index in [4.69, 9.17) is 5.73 Å². The molecule has 19 heavy (non-hydrogen) atoms. The van der Waals surface area contributed by atoms with E-state index >= 15 is 0 Å². The number of amides is 1. The summed E-state index contributed by atoms with van der Waals surface area (Å²) in [4.78, 5) is 11.8. The second-order valence-electron chi connectivity index (χ2n) is 4.23. The van der Waals surface area contributed by atoms with Crippen LogP contribution in [0.5, 0.6) is 0 Å². The Bertz CT molecular complexity index is 515. The molecule has 2 aromatic rings. The van der Waals surface area contributed by atoms with E-state index in [1.807, 2.05) is 30.3 Å². The van der Waals surface area contributed by atoms with Crippen LogP contribution in [0, 0.1) is 0 Å². The Kier molecular flexibility index (Phi) is 4.58. The Morgan fingerprint density at radius 1 is 1.21 bits per heavy atom. The maximum Gasteiger partial charge on any atom is 0.237 e. The fourth-order valence-corrected chi connectivity index (χ4v) is 1.70. The minimum absolute atomic E-state index is 0.186. The summed E-state index contributed by atoms with van der Waals surface area (Å²) in [5.41, 5.74) is 7.62. The summed E-state index contributed by atoms with van der Waals surface area (Å²) in [5, 5.41) is 10.4. The van der Waals surface area contributed by atoms with Gasteiger partial charge in [0.1, 0.15) is 0 Å². The van der Waals surface area contributed by atoms with Crippen LogP contribution in [-0.4, -0.2) is 22.1 Å². The van der Waals surface area contributed by atoms with E-state index in [1.54, 1.807) is 18.3 Å². The van der Waals surface area contributed by atoms with Crippen molar-refractivity contribution >= 4 is 5.91 Å². The second kappa shape index (κ2) is 6.61. The zero-order chi connectivity index (χ0) is 13.5. The number of nitrogens with two attached hydrogens (primary N) is 1. The Hall–Kier alpha value is -2.27. The Labute approximate surface area is 111 Å². The van der Waals surface area contributed by atoms with Crippen molar-refractivity contribution in [2.45, 2.75) is 19.0 Å². The third kappa shape index (κ3) is 4.15. The van der Waals surface area contributed by atoms with Crippen LogP contribution in [0.25, 0.3) is 0 Å². The number of hydrogen-bond acceptors (Lipinski definition) is 4. The molecular formula is C14H16N4O. The average Bonchev–Trinajstić information content (AvgIpc) is 2.47. The van der Waals surface area contributed by atoms with Gasteiger partial charge in [-0.25, -0.2) is 0 Å². The van der Waals surface area contributed by atoms with Crippen molar-refractivity contribution in [3.05, 3.63) is 59.9 Å². The van der Waals surface area contributed by atoms with E-state index in [0.29, 0.717) is 18.7 Å². The topological polar surface area (TPSA) is 80.9 Å². The summed E-state index contributed by atoms with van der Waals surface area (Å²) in [6, 6.07) is 12.7. The molecule has 2 rings (SSSR count). The van der Waals surface area contributed by atoms with Crippen LogP contribution < -0.4 is 11.1 Å². The van der Waals surface area contributed by atoms with Crippen LogP contribution in [0.4, 0.5) is 0 Å². The molecule has 5 nitrogen and oxygen atoms in total. The van der Waals surface area contributed by atoms with E-state index in [9.17, 15) is 4.79 Å². The first-order valence-electron chi connectivity index (χ1n) is 6.09. The molecule has 0 bridgehead atoms. The van der Waals surface area contributed by atoms with Gasteiger partial charge in [0, 0.05) is 6.20 Å². The van der Waals surface area contributed by atoms with Crippen LogP contribution in [-0.2, 0) is 17.8 Å². The molecule has 0 saturated carbocycles. The maximum atomic E-state index is 11.8. The van der Waals surface area contributed by atoms with Crippen molar-refractivity contribution in [3.63, 3.8) is 0 Å². The van der Waals surface area contributed by atoms with Gasteiger partial charge in [0.25, 0.3) is 0 Å².